The summed E-state index contributed by atoms with van der Waals surface area (Å²) < 4.78 is 18.6. The van der Waals surface area contributed by atoms with E-state index in [0.717, 1.165) is 41.9 Å². The van der Waals surface area contributed by atoms with Gasteiger partial charge in [-0.15, -0.1) is 0 Å². The van der Waals surface area contributed by atoms with Crippen molar-refractivity contribution in [3.8, 4) is 11.1 Å². The highest BCUT2D eigenvalue weighted by atomic mass is 19.1. The van der Waals surface area contributed by atoms with Crippen LogP contribution in [-0.2, 0) is 17.7 Å². The van der Waals surface area contributed by atoms with E-state index in [-0.39, 0.29) is 11.7 Å². The Hall–Kier alpha value is -3.32. The number of hydrogen-bond acceptors (Lipinski definition) is 5. The molecule has 7 heteroatoms. The van der Waals surface area contributed by atoms with Gasteiger partial charge in [-0.1, -0.05) is 24.3 Å². The first-order valence-electron chi connectivity index (χ1n) is 10.5. The third kappa shape index (κ3) is 4.14. The van der Waals surface area contributed by atoms with Crippen LogP contribution in [0.1, 0.15) is 21.6 Å². The Balaban J connectivity index is 1.31. The average molecular weight is 418 g/mol. The van der Waals surface area contributed by atoms with Gasteiger partial charge in [0, 0.05) is 31.4 Å². The van der Waals surface area contributed by atoms with Gasteiger partial charge in [-0.05, 0) is 47.4 Å². The second-order valence-electron chi connectivity index (χ2n) is 7.80. The molecule has 0 radical (unpaired) electrons. The van der Waals surface area contributed by atoms with Crippen LogP contribution in [0.15, 0.2) is 54.7 Å². The van der Waals surface area contributed by atoms with Gasteiger partial charge in [0.2, 0.25) is 5.95 Å². The second-order valence-corrected chi connectivity index (χ2v) is 7.80. The molecule has 0 saturated carbocycles. The fourth-order valence-electron chi connectivity index (χ4n) is 4.01. The molecule has 2 aromatic carbocycles. The van der Waals surface area contributed by atoms with Crippen molar-refractivity contribution in [2.24, 2.45) is 0 Å². The average Bonchev–Trinajstić information content (AvgIpc) is 2.84. The lowest BCUT2D eigenvalue weighted by molar-refractivity contribution is 0.0731. The Morgan fingerprint density at radius 2 is 1.61 bits per heavy atom. The summed E-state index contributed by atoms with van der Waals surface area (Å²) in [7, 11) is 0. The van der Waals surface area contributed by atoms with Gasteiger partial charge in [-0.2, -0.15) is 0 Å². The van der Waals surface area contributed by atoms with Gasteiger partial charge >= 0.3 is 0 Å². The van der Waals surface area contributed by atoms with Crippen LogP contribution in [0.5, 0.6) is 0 Å². The molecule has 0 N–H and O–H groups in total. The van der Waals surface area contributed by atoms with E-state index in [0.29, 0.717) is 37.8 Å². The van der Waals surface area contributed by atoms with E-state index < -0.39 is 0 Å². The molecule has 6 nitrogen and oxygen atoms in total. The summed E-state index contributed by atoms with van der Waals surface area (Å²) in [6.45, 7) is 4.04. The van der Waals surface area contributed by atoms with Crippen LogP contribution in [0.4, 0.5) is 10.3 Å². The van der Waals surface area contributed by atoms with E-state index in [1.165, 1.54) is 12.1 Å². The van der Waals surface area contributed by atoms with Crippen molar-refractivity contribution in [2.75, 3.05) is 37.7 Å². The standard InChI is InChI=1S/C24H23FN4O2/c25-21-7-5-18(6-8-21)17-1-3-19(4-2-17)23(30)29-10-9-20-15-26-24(27-22(20)16-29)28-11-13-31-14-12-28/h1-8,15H,9-14,16H2. The van der Waals surface area contributed by atoms with E-state index >= 15 is 0 Å². The minimum atomic E-state index is -0.262. The molecule has 31 heavy (non-hydrogen) atoms. The van der Waals surface area contributed by atoms with Crippen molar-refractivity contribution in [1.29, 1.82) is 0 Å². The fourth-order valence-corrected chi connectivity index (χ4v) is 4.01. The normalized spacial score (nSPS) is 16.2. The van der Waals surface area contributed by atoms with Crippen molar-refractivity contribution < 1.29 is 13.9 Å². The molecule has 0 unspecified atom stereocenters. The summed E-state index contributed by atoms with van der Waals surface area (Å²) >= 11 is 0. The van der Waals surface area contributed by atoms with Crippen LogP contribution < -0.4 is 4.90 Å². The quantitative estimate of drug-likeness (QED) is 0.653. The molecule has 5 rings (SSSR count). The van der Waals surface area contributed by atoms with Crippen molar-refractivity contribution in [3.05, 3.63) is 77.4 Å². The number of amides is 1. The molecule has 0 atom stereocenters. The maximum Gasteiger partial charge on any atom is 0.254 e. The van der Waals surface area contributed by atoms with Crippen LogP contribution >= 0.6 is 0 Å². The Kier molecular flexibility index (Phi) is 5.34. The number of halogens is 1. The molecule has 3 aromatic rings. The molecule has 3 heterocycles. The summed E-state index contributed by atoms with van der Waals surface area (Å²) in [5.41, 5.74) is 4.52. The molecule has 158 valence electrons. The first-order valence-corrected chi connectivity index (χ1v) is 10.5. The number of hydrogen-bond donors (Lipinski definition) is 0. The molecule has 0 spiro atoms. The van der Waals surface area contributed by atoms with Crippen LogP contribution in [0.3, 0.4) is 0 Å². The lowest BCUT2D eigenvalue weighted by Crippen LogP contribution is -2.39. The maximum atomic E-state index is 13.1. The van der Waals surface area contributed by atoms with E-state index in [9.17, 15) is 9.18 Å². The number of rotatable bonds is 3. The molecule has 1 amide bonds. The van der Waals surface area contributed by atoms with Gasteiger partial charge in [-0.25, -0.2) is 14.4 Å². The number of ether oxygens (including phenoxy) is 1. The van der Waals surface area contributed by atoms with Gasteiger partial charge in [-0.3, -0.25) is 4.79 Å². The minimum Gasteiger partial charge on any atom is -0.378 e. The molecule has 1 fully saturated rings. The minimum absolute atomic E-state index is 0.0113. The number of aromatic nitrogens is 2. The predicted molar refractivity (Wildman–Crippen MR) is 115 cm³/mol. The summed E-state index contributed by atoms with van der Waals surface area (Å²) in [6.07, 6.45) is 2.64. The molecular weight excluding hydrogens is 395 g/mol. The van der Waals surface area contributed by atoms with Crippen molar-refractivity contribution >= 4 is 11.9 Å². The van der Waals surface area contributed by atoms with Gasteiger partial charge in [0.25, 0.3) is 5.91 Å². The third-order valence-electron chi connectivity index (χ3n) is 5.82. The Morgan fingerprint density at radius 1 is 0.935 bits per heavy atom. The number of carbonyl (C=O) groups excluding carboxylic acids is 1. The number of anilines is 1. The summed E-state index contributed by atoms with van der Waals surface area (Å²) in [4.78, 5) is 26.3. The van der Waals surface area contributed by atoms with Crippen molar-refractivity contribution in [1.82, 2.24) is 14.9 Å². The Morgan fingerprint density at radius 3 is 2.32 bits per heavy atom. The van der Waals surface area contributed by atoms with Crippen LogP contribution in [0.2, 0.25) is 0 Å². The van der Waals surface area contributed by atoms with E-state index in [1.807, 2.05) is 35.4 Å². The lowest BCUT2D eigenvalue weighted by atomic mass is 10.0. The molecule has 1 saturated heterocycles. The zero-order valence-corrected chi connectivity index (χ0v) is 17.1. The number of carbonyl (C=O) groups is 1. The highest BCUT2D eigenvalue weighted by molar-refractivity contribution is 5.94. The van der Waals surface area contributed by atoms with E-state index in [2.05, 4.69) is 9.88 Å². The zero-order chi connectivity index (χ0) is 21.2. The molecular formula is C24H23FN4O2. The van der Waals surface area contributed by atoms with Gasteiger partial charge < -0.3 is 14.5 Å². The monoisotopic (exact) mass is 418 g/mol. The topological polar surface area (TPSA) is 58.6 Å². The van der Waals surface area contributed by atoms with Crippen molar-refractivity contribution in [3.63, 3.8) is 0 Å². The zero-order valence-electron chi connectivity index (χ0n) is 17.1. The maximum absolute atomic E-state index is 13.1. The van der Waals surface area contributed by atoms with Gasteiger partial charge in [0.15, 0.2) is 0 Å². The number of benzene rings is 2. The first-order chi connectivity index (χ1) is 15.2. The summed E-state index contributed by atoms with van der Waals surface area (Å²) in [6, 6.07) is 13.8. The number of nitrogens with zero attached hydrogens (tertiary/aromatic N) is 4. The van der Waals surface area contributed by atoms with Gasteiger partial charge in [0.1, 0.15) is 5.82 Å². The van der Waals surface area contributed by atoms with E-state index in [4.69, 9.17) is 9.72 Å². The summed E-state index contributed by atoms with van der Waals surface area (Å²) in [5, 5.41) is 0. The second kappa shape index (κ2) is 8.43. The number of fused-ring (bicyclic) bond motifs is 1. The SMILES string of the molecule is O=C(c1ccc(-c2ccc(F)cc2)cc1)N1CCc2cnc(N3CCOCC3)nc2C1. The lowest BCUT2D eigenvalue weighted by Gasteiger charge is -2.30. The van der Waals surface area contributed by atoms with Crippen LogP contribution in [0, 0.1) is 5.82 Å². The highest BCUT2D eigenvalue weighted by Crippen LogP contribution is 2.23. The number of morpholine rings is 1. The predicted octanol–water partition coefficient (Wildman–Crippen LogP) is 3.32. The van der Waals surface area contributed by atoms with Crippen LogP contribution in [0.25, 0.3) is 11.1 Å². The molecule has 1 aromatic heterocycles. The largest absolute Gasteiger partial charge is 0.378 e. The summed E-state index contributed by atoms with van der Waals surface area (Å²) in [5.74, 6) is 0.435. The van der Waals surface area contributed by atoms with Crippen molar-refractivity contribution in [2.45, 2.75) is 13.0 Å². The molecule has 0 aliphatic carbocycles. The highest BCUT2D eigenvalue weighted by Gasteiger charge is 2.24. The fraction of sp³-hybridized carbons (Fsp3) is 0.292. The third-order valence-corrected chi connectivity index (χ3v) is 5.82. The molecule has 2 aliphatic rings. The Bertz CT molecular complexity index is 1080. The smallest absolute Gasteiger partial charge is 0.254 e. The first kappa shape index (κ1) is 19.6. The van der Waals surface area contributed by atoms with Gasteiger partial charge in [0.05, 0.1) is 25.5 Å². The van der Waals surface area contributed by atoms with Crippen LogP contribution in [-0.4, -0.2) is 53.6 Å². The van der Waals surface area contributed by atoms with E-state index in [1.54, 1.807) is 12.1 Å². The molecule has 0 bridgehead atoms. The Labute approximate surface area is 180 Å². The molecule has 2 aliphatic heterocycles.